The average Bonchev–Trinajstić information content (AvgIpc) is 2.74. The predicted molar refractivity (Wildman–Crippen MR) is 116 cm³/mol. The van der Waals surface area contributed by atoms with Crippen LogP contribution in [0.2, 0.25) is 0 Å². The van der Waals surface area contributed by atoms with Crippen molar-refractivity contribution in [1.82, 2.24) is 0 Å². The molecule has 150 valence electrons. The Hall–Kier alpha value is -3.12. The van der Waals surface area contributed by atoms with Crippen molar-refractivity contribution in [2.75, 3.05) is 16.2 Å². The second-order valence-electron chi connectivity index (χ2n) is 6.56. The van der Waals surface area contributed by atoms with E-state index in [4.69, 9.17) is 0 Å². The van der Waals surface area contributed by atoms with E-state index in [2.05, 4.69) is 5.32 Å². The normalized spacial score (nSPS) is 11.1. The van der Waals surface area contributed by atoms with E-state index in [1.807, 2.05) is 48.5 Å². The van der Waals surface area contributed by atoms with Crippen molar-refractivity contribution in [3.63, 3.8) is 0 Å². The number of amides is 1. The van der Waals surface area contributed by atoms with Crippen molar-refractivity contribution in [3.8, 4) is 0 Å². The third-order valence-electron chi connectivity index (χ3n) is 4.54. The molecule has 0 aromatic heterocycles. The number of anilines is 2. The van der Waals surface area contributed by atoms with E-state index in [1.165, 1.54) is 16.4 Å². The summed E-state index contributed by atoms with van der Waals surface area (Å²) in [4.78, 5) is 12.4. The lowest BCUT2D eigenvalue weighted by Crippen LogP contribution is -2.30. The fourth-order valence-corrected chi connectivity index (χ4v) is 4.52. The molecule has 3 aromatic rings. The van der Waals surface area contributed by atoms with Crippen LogP contribution in [0.25, 0.3) is 0 Å². The lowest BCUT2D eigenvalue weighted by molar-refractivity contribution is -0.116. The molecular formula is C23H24N2O3S. The van der Waals surface area contributed by atoms with Gasteiger partial charge in [0.15, 0.2) is 0 Å². The number of para-hydroxylation sites is 1. The summed E-state index contributed by atoms with van der Waals surface area (Å²) < 4.78 is 27.4. The van der Waals surface area contributed by atoms with Gasteiger partial charge < -0.3 is 5.32 Å². The summed E-state index contributed by atoms with van der Waals surface area (Å²) in [6.07, 6.45) is 1.02. The SMILES string of the molecule is CCN(c1ccccc1)S(=O)(=O)c1ccc(NC(=O)CCc2ccccc2)cc1. The number of carbonyl (C=O) groups excluding carboxylic acids is 1. The maximum absolute atomic E-state index is 13.0. The summed E-state index contributed by atoms with van der Waals surface area (Å²) in [7, 11) is -3.68. The zero-order valence-electron chi connectivity index (χ0n) is 16.3. The molecule has 6 heteroatoms. The Bertz CT molecular complexity index is 1030. The topological polar surface area (TPSA) is 66.5 Å². The van der Waals surface area contributed by atoms with Gasteiger partial charge in [0.2, 0.25) is 5.91 Å². The quantitative estimate of drug-likeness (QED) is 0.598. The minimum atomic E-state index is -3.68. The van der Waals surface area contributed by atoms with Crippen LogP contribution in [-0.4, -0.2) is 20.9 Å². The highest BCUT2D eigenvalue weighted by Crippen LogP contribution is 2.24. The van der Waals surface area contributed by atoms with Crippen molar-refractivity contribution in [1.29, 1.82) is 0 Å². The van der Waals surface area contributed by atoms with E-state index in [9.17, 15) is 13.2 Å². The summed E-state index contributed by atoms with van der Waals surface area (Å²) in [5, 5.41) is 2.82. The first-order valence-electron chi connectivity index (χ1n) is 9.52. The largest absolute Gasteiger partial charge is 0.326 e. The first kappa shape index (κ1) is 20.6. The minimum absolute atomic E-state index is 0.107. The van der Waals surface area contributed by atoms with E-state index in [-0.39, 0.29) is 10.8 Å². The van der Waals surface area contributed by atoms with Gasteiger partial charge in [0.1, 0.15) is 0 Å². The summed E-state index contributed by atoms with van der Waals surface area (Å²) in [6, 6.07) is 25.1. The average molecular weight is 409 g/mol. The van der Waals surface area contributed by atoms with Crippen LogP contribution in [0.1, 0.15) is 18.9 Å². The highest BCUT2D eigenvalue weighted by atomic mass is 32.2. The monoisotopic (exact) mass is 408 g/mol. The van der Waals surface area contributed by atoms with E-state index in [0.29, 0.717) is 30.8 Å². The Kier molecular flexibility index (Phi) is 6.67. The number of aryl methyl sites for hydroxylation is 1. The smallest absolute Gasteiger partial charge is 0.264 e. The first-order valence-corrected chi connectivity index (χ1v) is 11.0. The second-order valence-corrected chi connectivity index (χ2v) is 8.43. The molecule has 0 aliphatic heterocycles. The van der Waals surface area contributed by atoms with Gasteiger partial charge in [-0.25, -0.2) is 8.42 Å². The standard InChI is InChI=1S/C23H24N2O3S/c1-2-25(21-11-7-4-8-12-21)29(27,28)22-16-14-20(15-17-22)24-23(26)18-13-19-9-5-3-6-10-19/h3-12,14-17H,2,13,18H2,1H3,(H,24,26). The lowest BCUT2D eigenvalue weighted by Gasteiger charge is -2.23. The number of nitrogens with zero attached hydrogens (tertiary/aromatic N) is 1. The van der Waals surface area contributed by atoms with Crippen LogP contribution in [0.15, 0.2) is 89.8 Å². The third kappa shape index (κ3) is 5.23. The van der Waals surface area contributed by atoms with Crippen LogP contribution in [0.5, 0.6) is 0 Å². The number of hydrogen-bond acceptors (Lipinski definition) is 3. The molecule has 0 atom stereocenters. The molecule has 3 aromatic carbocycles. The van der Waals surface area contributed by atoms with Gasteiger partial charge in [0.05, 0.1) is 10.6 Å². The predicted octanol–water partition coefficient (Wildman–Crippen LogP) is 4.47. The van der Waals surface area contributed by atoms with Crippen LogP contribution < -0.4 is 9.62 Å². The number of hydrogen-bond donors (Lipinski definition) is 1. The molecule has 0 radical (unpaired) electrons. The van der Waals surface area contributed by atoms with Crippen LogP contribution >= 0.6 is 0 Å². The molecule has 0 saturated carbocycles. The summed E-state index contributed by atoms with van der Waals surface area (Å²) in [5.74, 6) is -0.107. The van der Waals surface area contributed by atoms with Crippen LogP contribution in [-0.2, 0) is 21.2 Å². The highest BCUT2D eigenvalue weighted by molar-refractivity contribution is 7.92. The van der Waals surface area contributed by atoms with Gasteiger partial charge >= 0.3 is 0 Å². The van der Waals surface area contributed by atoms with Gasteiger partial charge in [-0.15, -0.1) is 0 Å². The molecule has 3 rings (SSSR count). The Morgan fingerprint density at radius 3 is 2.03 bits per heavy atom. The van der Waals surface area contributed by atoms with Crippen LogP contribution in [0.4, 0.5) is 11.4 Å². The Labute approximate surface area is 172 Å². The lowest BCUT2D eigenvalue weighted by atomic mass is 10.1. The van der Waals surface area contributed by atoms with E-state index in [1.54, 1.807) is 31.2 Å². The highest BCUT2D eigenvalue weighted by Gasteiger charge is 2.23. The maximum Gasteiger partial charge on any atom is 0.264 e. The number of carbonyl (C=O) groups is 1. The Balaban J connectivity index is 1.66. The van der Waals surface area contributed by atoms with Gasteiger partial charge in [-0.2, -0.15) is 0 Å². The summed E-state index contributed by atoms with van der Waals surface area (Å²) in [5.41, 5.74) is 2.29. The Morgan fingerprint density at radius 1 is 0.862 bits per heavy atom. The van der Waals surface area contributed by atoms with Gasteiger partial charge in [0, 0.05) is 18.7 Å². The van der Waals surface area contributed by atoms with Gasteiger partial charge in [0.25, 0.3) is 10.0 Å². The molecule has 0 aliphatic carbocycles. The zero-order valence-corrected chi connectivity index (χ0v) is 17.1. The van der Waals surface area contributed by atoms with E-state index >= 15 is 0 Å². The Morgan fingerprint density at radius 2 is 1.45 bits per heavy atom. The molecule has 0 heterocycles. The zero-order chi connectivity index (χ0) is 20.7. The van der Waals surface area contributed by atoms with E-state index < -0.39 is 10.0 Å². The molecule has 29 heavy (non-hydrogen) atoms. The third-order valence-corrected chi connectivity index (χ3v) is 6.46. The van der Waals surface area contributed by atoms with Crippen LogP contribution in [0.3, 0.4) is 0 Å². The molecule has 0 bridgehead atoms. The molecule has 5 nitrogen and oxygen atoms in total. The number of nitrogens with one attached hydrogen (secondary N) is 1. The number of rotatable bonds is 8. The van der Waals surface area contributed by atoms with Gasteiger partial charge in [-0.05, 0) is 55.3 Å². The number of benzene rings is 3. The van der Waals surface area contributed by atoms with Crippen molar-refractivity contribution in [2.45, 2.75) is 24.7 Å². The van der Waals surface area contributed by atoms with Crippen molar-refractivity contribution < 1.29 is 13.2 Å². The molecule has 1 amide bonds. The minimum Gasteiger partial charge on any atom is -0.326 e. The number of sulfonamides is 1. The van der Waals surface area contributed by atoms with Gasteiger partial charge in [-0.3, -0.25) is 9.10 Å². The molecule has 1 N–H and O–H groups in total. The fourth-order valence-electron chi connectivity index (χ4n) is 3.05. The molecule has 0 spiro atoms. The van der Waals surface area contributed by atoms with Crippen molar-refractivity contribution >= 4 is 27.3 Å². The van der Waals surface area contributed by atoms with Gasteiger partial charge in [-0.1, -0.05) is 48.5 Å². The second kappa shape index (κ2) is 9.39. The molecule has 0 aliphatic rings. The fraction of sp³-hybridized carbons (Fsp3) is 0.174. The maximum atomic E-state index is 13.0. The molecule has 0 fully saturated rings. The van der Waals surface area contributed by atoms with Crippen LogP contribution in [0, 0.1) is 0 Å². The molecule has 0 unspecified atom stereocenters. The summed E-state index contributed by atoms with van der Waals surface area (Å²) in [6.45, 7) is 2.12. The molecular weight excluding hydrogens is 384 g/mol. The first-order chi connectivity index (χ1) is 14.0. The van der Waals surface area contributed by atoms with E-state index in [0.717, 1.165) is 5.56 Å². The van der Waals surface area contributed by atoms with Crippen molar-refractivity contribution in [2.24, 2.45) is 0 Å². The van der Waals surface area contributed by atoms with Crippen molar-refractivity contribution in [3.05, 3.63) is 90.5 Å². The molecule has 0 saturated heterocycles. The summed E-state index contributed by atoms with van der Waals surface area (Å²) >= 11 is 0.